The summed E-state index contributed by atoms with van der Waals surface area (Å²) in [5, 5.41) is 3.65. The van der Waals surface area contributed by atoms with Gasteiger partial charge in [0.1, 0.15) is 0 Å². The second kappa shape index (κ2) is 6.40. The Labute approximate surface area is 149 Å². The summed E-state index contributed by atoms with van der Waals surface area (Å²) in [4.78, 5) is 7.30. The number of fused-ring (bicyclic) bond motifs is 3. The van der Waals surface area contributed by atoms with Gasteiger partial charge >= 0.3 is 0 Å². The van der Waals surface area contributed by atoms with Crippen LogP contribution < -0.4 is 5.32 Å². The van der Waals surface area contributed by atoms with Crippen LogP contribution in [0.1, 0.15) is 34.6 Å². The van der Waals surface area contributed by atoms with Crippen molar-refractivity contribution in [3.05, 3.63) is 64.7 Å². The van der Waals surface area contributed by atoms with Crippen LogP contribution >= 0.6 is 0 Å². The van der Waals surface area contributed by atoms with E-state index in [1.54, 1.807) is 11.1 Å². The van der Waals surface area contributed by atoms with Gasteiger partial charge in [-0.25, -0.2) is 0 Å². The lowest BCUT2D eigenvalue weighted by Gasteiger charge is -2.40. The Bertz CT molecular complexity index is 796. The van der Waals surface area contributed by atoms with Crippen molar-refractivity contribution in [1.29, 1.82) is 0 Å². The van der Waals surface area contributed by atoms with E-state index < -0.39 is 0 Å². The van der Waals surface area contributed by atoms with E-state index >= 15 is 0 Å². The Kier molecular flexibility index (Phi) is 3.91. The first-order chi connectivity index (χ1) is 12.4. The standard InChI is InChI=1S/C22H25N3/c1-2-4-16(5-3-1)15-25-13-12-23-14-21(25)19-8-6-17-7-9-20-18(22(17)19)10-11-24-20/h1-5,7,9,11,19,21,23H,6,8,10,12-15H2. The number of aryl methyl sites for hydroxylation is 1. The highest BCUT2D eigenvalue weighted by molar-refractivity contribution is 5.78. The van der Waals surface area contributed by atoms with Crippen molar-refractivity contribution < 1.29 is 0 Å². The quantitative estimate of drug-likeness (QED) is 0.933. The number of hydrogen-bond donors (Lipinski definition) is 1. The second-order valence-electron chi connectivity index (χ2n) is 7.52. The first-order valence-corrected chi connectivity index (χ1v) is 9.56. The third-order valence-electron chi connectivity index (χ3n) is 6.14. The van der Waals surface area contributed by atoms with E-state index in [9.17, 15) is 0 Å². The highest BCUT2D eigenvalue weighted by Gasteiger charge is 2.37. The van der Waals surface area contributed by atoms with Crippen molar-refractivity contribution >= 4 is 11.9 Å². The average Bonchev–Trinajstić information content (AvgIpc) is 3.29. The second-order valence-corrected chi connectivity index (χ2v) is 7.52. The minimum atomic E-state index is 0.585. The molecule has 0 saturated carbocycles. The number of rotatable bonds is 3. The zero-order chi connectivity index (χ0) is 16.6. The summed E-state index contributed by atoms with van der Waals surface area (Å²) in [6.45, 7) is 4.39. The molecule has 0 amide bonds. The molecule has 1 N–H and O–H groups in total. The summed E-state index contributed by atoms with van der Waals surface area (Å²) < 4.78 is 0. The molecule has 2 unspecified atom stereocenters. The molecule has 3 aliphatic rings. The van der Waals surface area contributed by atoms with Crippen LogP contribution in [0.15, 0.2) is 47.5 Å². The number of hydrogen-bond acceptors (Lipinski definition) is 3. The van der Waals surface area contributed by atoms with Gasteiger partial charge in [0, 0.05) is 50.8 Å². The molecule has 1 fully saturated rings. The van der Waals surface area contributed by atoms with Crippen LogP contribution in [-0.4, -0.2) is 36.8 Å². The van der Waals surface area contributed by atoms with Gasteiger partial charge in [-0.05, 0) is 41.2 Å². The number of nitrogens with one attached hydrogen (secondary N) is 1. The SMILES string of the molecule is C1=Nc2ccc3c(c2C1)C(C1CNCCN1Cc1ccccc1)CC3. The molecule has 5 rings (SSSR count). The smallest absolute Gasteiger partial charge is 0.0664 e. The van der Waals surface area contributed by atoms with Crippen molar-refractivity contribution in [2.24, 2.45) is 4.99 Å². The summed E-state index contributed by atoms with van der Waals surface area (Å²) in [6, 6.07) is 16.1. The lowest BCUT2D eigenvalue weighted by Crippen LogP contribution is -2.53. The normalized spacial score (nSPS) is 25.1. The Hall–Kier alpha value is -1.97. The highest BCUT2D eigenvalue weighted by atomic mass is 15.2. The van der Waals surface area contributed by atoms with Crippen LogP contribution in [-0.2, 0) is 19.4 Å². The third kappa shape index (κ3) is 2.72. The lowest BCUT2D eigenvalue weighted by molar-refractivity contribution is 0.129. The topological polar surface area (TPSA) is 27.6 Å². The Morgan fingerprint density at radius 2 is 2.04 bits per heavy atom. The molecule has 0 bridgehead atoms. The molecular formula is C22H25N3. The van der Waals surface area contributed by atoms with Gasteiger partial charge in [0.15, 0.2) is 0 Å². The van der Waals surface area contributed by atoms with Crippen LogP contribution in [0.5, 0.6) is 0 Å². The van der Waals surface area contributed by atoms with Crippen LogP contribution in [0.25, 0.3) is 0 Å². The molecular weight excluding hydrogens is 306 g/mol. The van der Waals surface area contributed by atoms with Crippen molar-refractivity contribution in [3.63, 3.8) is 0 Å². The molecule has 2 aliphatic heterocycles. The molecule has 25 heavy (non-hydrogen) atoms. The van der Waals surface area contributed by atoms with Gasteiger partial charge in [0.05, 0.1) is 5.69 Å². The predicted molar refractivity (Wildman–Crippen MR) is 103 cm³/mol. The zero-order valence-corrected chi connectivity index (χ0v) is 14.6. The van der Waals surface area contributed by atoms with Gasteiger partial charge in [0.2, 0.25) is 0 Å². The third-order valence-corrected chi connectivity index (χ3v) is 6.14. The van der Waals surface area contributed by atoms with Gasteiger partial charge in [-0.2, -0.15) is 0 Å². The maximum atomic E-state index is 4.59. The average molecular weight is 331 g/mol. The van der Waals surface area contributed by atoms with E-state index in [4.69, 9.17) is 0 Å². The van der Waals surface area contributed by atoms with E-state index in [1.165, 1.54) is 29.7 Å². The fraction of sp³-hybridized carbons (Fsp3) is 0.409. The van der Waals surface area contributed by atoms with Gasteiger partial charge in [0.25, 0.3) is 0 Å². The summed E-state index contributed by atoms with van der Waals surface area (Å²) in [7, 11) is 0. The van der Waals surface area contributed by atoms with Gasteiger partial charge < -0.3 is 5.32 Å². The van der Waals surface area contributed by atoms with Gasteiger partial charge in [-0.1, -0.05) is 36.4 Å². The molecule has 3 heteroatoms. The van der Waals surface area contributed by atoms with Gasteiger partial charge in [-0.3, -0.25) is 9.89 Å². The summed E-state index contributed by atoms with van der Waals surface area (Å²) >= 11 is 0. The number of piperazine rings is 1. The molecule has 3 nitrogen and oxygen atoms in total. The summed E-state index contributed by atoms with van der Waals surface area (Å²) in [5.41, 5.74) is 7.34. The molecule has 2 aromatic carbocycles. The van der Waals surface area contributed by atoms with Gasteiger partial charge in [-0.15, -0.1) is 0 Å². The van der Waals surface area contributed by atoms with Crippen molar-refractivity contribution in [1.82, 2.24) is 10.2 Å². The fourth-order valence-corrected chi connectivity index (χ4v) is 4.97. The minimum Gasteiger partial charge on any atom is -0.314 e. The maximum absolute atomic E-state index is 4.59. The monoisotopic (exact) mass is 331 g/mol. The largest absolute Gasteiger partial charge is 0.314 e. The summed E-state index contributed by atoms with van der Waals surface area (Å²) in [5.74, 6) is 0.642. The Balaban J connectivity index is 1.46. The summed E-state index contributed by atoms with van der Waals surface area (Å²) in [6.07, 6.45) is 5.61. The zero-order valence-electron chi connectivity index (χ0n) is 14.6. The van der Waals surface area contributed by atoms with Crippen LogP contribution in [0, 0.1) is 0 Å². The molecule has 2 heterocycles. The molecule has 2 atom stereocenters. The van der Waals surface area contributed by atoms with Crippen LogP contribution in [0.2, 0.25) is 0 Å². The molecule has 2 aromatic rings. The lowest BCUT2D eigenvalue weighted by atomic mass is 9.86. The van der Waals surface area contributed by atoms with E-state index in [1.807, 2.05) is 0 Å². The van der Waals surface area contributed by atoms with Crippen molar-refractivity contribution in [2.75, 3.05) is 19.6 Å². The number of aliphatic imine (C=N–C) groups is 1. The van der Waals surface area contributed by atoms with Crippen LogP contribution in [0.4, 0.5) is 5.69 Å². The first-order valence-electron chi connectivity index (χ1n) is 9.56. The minimum absolute atomic E-state index is 0.585. The fourth-order valence-electron chi connectivity index (χ4n) is 4.97. The molecule has 0 radical (unpaired) electrons. The predicted octanol–water partition coefficient (Wildman–Crippen LogP) is 3.45. The molecule has 0 aromatic heterocycles. The van der Waals surface area contributed by atoms with Crippen molar-refractivity contribution in [2.45, 2.75) is 37.8 Å². The number of nitrogens with zero attached hydrogens (tertiary/aromatic N) is 2. The van der Waals surface area contributed by atoms with Crippen LogP contribution in [0.3, 0.4) is 0 Å². The Morgan fingerprint density at radius 1 is 1.12 bits per heavy atom. The molecule has 1 saturated heterocycles. The van der Waals surface area contributed by atoms with E-state index in [0.29, 0.717) is 12.0 Å². The number of benzene rings is 2. The van der Waals surface area contributed by atoms with E-state index in [-0.39, 0.29) is 0 Å². The molecule has 0 spiro atoms. The maximum Gasteiger partial charge on any atom is 0.0664 e. The highest BCUT2D eigenvalue weighted by Crippen LogP contribution is 2.44. The first kappa shape index (κ1) is 15.3. The van der Waals surface area contributed by atoms with E-state index in [0.717, 1.165) is 32.6 Å². The Morgan fingerprint density at radius 3 is 2.96 bits per heavy atom. The molecule has 1 aliphatic carbocycles. The molecule has 128 valence electrons. The van der Waals surface area contributed by atoms with E-state index in [2.05, 4.69) is 63.9 Å². The van der Waals surface area contributed by atoms with Crippen molar-refractivity contribution in [3.8, 4) is 0 Å².